The number of hydrogen-bond acceptors (Lipinski definition) is 4. The second kappa shape index (κ2) is 7.75. The molecule has 2 fully saturated rings. The number of hydrogen-bond donors (Lipinski definition) is 1. The Morgan fingerprint density at radius 1 is 1.24 bits per heavy atom. The minimum Gasteiger partial charge on any atom is -0.356 e. The van der Waals surface area contributed by atoms with Gasteiger partial charge in [0.1, 0.15) is 11.7 Å². The number of ketones is 2. The number of carbonyl (C=O) groups excluding carboxylic acids is 3. The van der Waals surface area contributed by atoms with Crippen LogP contribution in [-0.4, -0.2) is 33.8 Å². The topological polar surface area (TPSA) is 81.1 Å². The molecule has 0 radical (unpaired) electrons. The average Bonchev–Trinajstić information content (AvgIpc) is 3.33. The molecular weight excluding hydrogens is 390 g/mol. The van der Waals surface area contributed by atoms with E-state index in [1.54, 1.807) is 17.1 Å². The summed E-state index contributed by atoms with van der Waals surface area (Å²) in [5, 5.41) is 7.64. The molecule has 2 aliphatic carbocycles. The number of carbonyl (C=O) groups is 3. The van der Waals surface area contributed by atoms with Gasteiger partial charge in [0.15, 0.2) is 5.78 Å². The van der Waals surface area contributed by atoms with Gasteiger partial charge in [-0.05, 0) is 61.4 Å². The fraction of sp³-hybridized carbons (Fsp3) is 0.455. The smallest absolute Gasteiger partial charge is 0.220 e. The summed E-state index contributed by atoms with van der Waals surface area (Å²) in [5.41, 5.74) is 3.29. The van der Waals surface area contributed by atoms with E-state index in [0.29, 0.717) is 17.5 Å². The van der Waals surface area contributed by atoms with Crippen molar-refractivity contribution in [2.24, 2.45) is 11.8 Å². The lowest BCUT2D eigenvalue weighted by Gasteiger charge is -2.17. The third-order valence-corrected chi connectivity index (χ3v) is 6.05. The van der Waals surface area contributed by atoms with E-state index in [1.807, 2.05) is 26.0 Å². The molecule has 2 unspecified atom stereocenters. The zero-order chi connectivity index (χ0) is 20.7. The monoisotopic (exact) mass is 413 g/mol. The van der Waals surface area contributed by atoms with Gasteiger partial charge >= 0.3 is 0 Å². The molecule has 2 aromatic rings. The molecule has 7 heteroatoms. The van der Waals surface area contributed by atoms with Gasteiger partial charge in [0.2, 0.25) is 5.91 Å². The maximum atomic E-state index is 13.0. The van der Waals surface area contributed by atoms with Crippen LogP contribution in [0.15, 0.2) is 24.5 Å². The summed E-state index contributed by atoms with van der Waals surface area (Å²) in [7, 11) is 0. The maximum absolute atomic E-state index is 13.0. The normalized spacial score (nSPS) is 21.6. The molecule has 1 N–H and O–H groups in total. The molecule has 29 heavy (non-hydrogen) atoms. The van der Waals surface area contributed by atoms with Gasteiger partial charge in [0, 0.05) is 31.5 Å². The van der Waals surface area contributed by atoms with Crippen molar-refractivity contribution < 1.29 is 14.4 Å². The minimum atomic E-state index is -0.786. The first-order chi connectivity index (χ1) is 13.8. The van der Waals surface area contributed by atoms with E-state index < -0.39 is 11.8 Å². The van der Waals surface area contributed by atoms with Crippen molar-refractivity contribution in [3.63, 3.8) is 0 Å². The van der Waals surface area contributed by atoms with Crippen molar-refractivity contribution >= 4 is 29.1 Å². The molecule has 0 bridgehead atoms. The van der Waals surface area contributed by atoms with Crippen LogP contribution in [0.25, 0.3) is 5.69 Å². The summed E-state index contributed by atoms with van der Waals surface area (Å²) < 4.78 is 1.66. The van der Waals surface area contributed by atoms with Gasteiger partial charge in [0.25, 0.3) is 0 Å². The van der Waals surface area contributed by atoms with Crippen LogP contribution in [0.3, 0.4) is 0 Å². The van der Waals surface area contributed by atoms with Crippen LogP contribution in [0.5, 0.6) is 0 Å². The van der Waals surface area contributed by atoms with E-state index in [0.717, 1.165) is 35.2 Å². The zero-order valence-corrected chi connectivity index (χ0v) is 17.3. The highest BCUT2D eigenvalue weighted by atomic mass is 35.5. The van der Waals surface area contributed by atoms with Crippen LogP contribution in [0.1, 0.15) is 48.3 Å². The number of Topliss-reactive ketones (excluding diaryl/α,β-unsaturated/α-hetero) is 2. The molecule has 4 rings (SSSR count). The van der Waals surface area contributed by atoms with Crippen LogP contribution in [0.2, 0.25) is 5.02 Å². The van der Waals surface area contributed by atoms with Crippen LogP contribution >= 0.6 is 11.6 Å². The lowest BCUT2D eigenvalue weighted by Crippen LogP contribution is -2.29. The summed E-state index contributed by atoms with van der Waals surface area (Å²) in [6, 6.07) is 3.81. The first kappa shape index (κ1) is 19.8. The van der Waals surface area contributed by atoms with E-state index in [4.69, 9.17) is 11.6 Å². The van der Waals surface area contributed by atoms with Crippen molar-refractivity contribution in [1.29, 1.82) is 0 Å². The van der Waals surface area contributed by atoms with Gasteiger partial charge in [-0.3, -0.25) is 14.4 Å². The predicted molar refractivity (Wildman–Crippen MR) is 109 cm³/mol. The summed E-state index contributed by atoms with van der Waals surface area (Å²) in [6.45, 7) is 4.47. The third-order valence-electron chi connectivity index (χ3n) is 5.86. The van der Waals surface area contributed by atoms with Crippen molar-refractivity contribution in [3.8, 4) is 5.69 Å². The van der Waals surface area contributed by atoms with Gasteiger partial charge in [-0.2, -0.15) is 5.10 Å². The molecular formula is C22H24ClN3O3. The van der Waals surface area contributed by atoms with Crippen LogP contribution in [-0.2, 0) is 14.4 Å². The van der Waals surface area contributed by atoms with Gasteiger partial charge < -0.3 is 5.32 Å². The maximum Gasteiger partial charge on any atom is 0.220 e. The van der Waals surface area contributed by atoms with Gasteiger partial charge in [-0.15, -0.1) is 0 Å². The summed E-state index contributed by atoms with van der Waals surface area (Å²) in [5.74, 6) is -1.11. The van der Waals surface area contributed by atoms with E-state index in [1.165, 1.54) is 0 Å². The van der Waals surface area contributed by atoms with Crippen molar-refractivity contribution in [3.05, 3.63) is 46.2 Å². The zero-order valence-electron chi connectivity index (χ0n) is 16.6. The summed E-state index contributed by atoms with van der Waals surface area (Å²) in [4.78, 5) is 37.9. The molecule has 1 aromatic carbocycles. The molecule has 0 saturated heterocycles. The average molecular weight is 414 g/mol. The lowest BCUT2D eigenvalue weighted by molar-refractivity contribution is -0.128. The number of aromatic nitrogens is 2. The Morgan fingerprint density at radius 3 is 2.52 bits per heavy atom. The summed E-state index contributed by atoms with van der Waals surface area (Å²) >= 11 is 5.96. The number of amides is 1. The van der Waals surface area contributed by atoms with Crippen molar-refractivity contribution in [2.45, 2.75) is 45.4 Å². The lowest BCUT2D eigenvalue weighted by atomic mass is 9.87. The number of benzene rings is 1. The third kappa shape index (κ3) is 4.13. The Morgan fingerprint density at radius 2 is 1.93 bits per heavy atom. The second-order valence-corrected chi connectivity index (χ2v) is 8.69. The first-order valence-electron chi connectivity index (χ1n) is 9.98. The number of nitrogens with one attached hydrogen (secondary N) is 1. The predicted octanol–water partition coefficient (Wildman–Crippen LogP) is 3.30. The van der Waals surface area contributed by atoms with Gasteiger partial charge in [0.05, 0.1) is 16.9 Å². The molecule has 0 aliphatic heterocycles. The molecule has 152 valence electrons. The fourth-order valence-electron chi connectivity index (χ4n) is 4.19. The largest absolute Gasteiger partial charge is 0.356 e. The van der Waals surface area contributed by atoms with Gasteiger partial charge in [-0.25, -0.2) is 4.68 Å². The number of rotatable bonds is 6. The molecule has 6 nitrogen and oxygen atoms in total. The number of nitrogens with zero attached hydrogens (tertiary/aromatic N) is 2. The second-order valence-electron chi connectivity index (χ2n) is 8.25. The van der Waals surface area contributed by atoms with Crippen molar-refractivity contribution in [2.75, 3.05) is 6.54 Å². The van der Waals surface area contributed by atoms with Crippen LogP contribution in [0, 0.1) is 25.7 Å². The quantitative estimate of drug-likeness (QED) is 0.737. The van der Waals surface area contributed by atoms with E-state index in [9.17, 15) is 14.4 Å². The fourth-order valence-corrected chi connectivity index (χ4v) is 4.33. The van der Waals surface area contributed by atoms with Crippen LogP contribution < -0.4 is 5.32 Å². The Balaban J connectivity index is 1.53. The Labute approximate surface area is 174 Å². The molecule has 1 heterocycles. The molecule has 1 amide bonds. The highest BCUT2D eigenvalue weighted by Crippen LogP contribution is 2.38. The number of halogens is 1. The Kier molecular flexibility index (Phi) is 5.30. The standard InChI is InChI=1S/C22H24ClN3O3/c1-12-5-17(26-11-16(23)10-25-26)6-13(2)20(12)21-18(27)7-15(22(21)29)8-19(28)24-9-14-3-4-14/h5-6,10-11,14-15,21H,3-4,7-9H2,1-2H3,(H,24,28). The molecule has 2 saturated carbocycles. The van der Waals surface area contributed by atoms with E-state index >= 15 is 0 Å². The van der Waals surface area contributed by atoms with Crippen LogP contribution in [0.4, 0.5) is 0 Å². The minimum absolute atomic E-state index is 0.0930. The summed E-state index contributed by atoms with van der Waals surface area (Å²) in [6.07, 6.45) is 5.80. The van der Waals surface area contributed by atoms with Crippen molar-refractivity contribution in [1.82, 2.24) is 15.1 Å². The molecule has 1 aromatic heterocycles. The first-order valence-corrected chi connectivity index (χ1v) is 10.4. The van der Waals surface area contributed by atoms with E-state index in [2.05, 4.69) is 10.4 Å². The molecule has 2 aliphatic rings. The highest BCUT2D eigenvalue weighted by molar-refractivity contribution is 6.30. The molecule has 0 spiro atoms. The molecule has 2 atom stereocenters. The van der Waals surface area contributed by atoms with E-state index in [-0.39, 0.29) is 30.3 Å². The Hall–Kier alpha value is -2.47. The highest BCUT2D eigenvalue weighted by Gasteiger charge is 2.44. The number of aryl methyl sites for hydroxylation is 2. The SMILES string of the molecule is Cc1cc(-n2cc(Cl)cn2)cc(C)c1C1C(=O)CC(CC(=O)NCC2CC2)C1=O. The Bertz CT molecular complexity index is 970. The van der Waals surface area contributed by atoms with Gasteiger partial charge in [-0.1, -0.05) is 11.6 Å².